The van der Waals surface area contributed by atoms with E-state index in [0.29, 0.717) is 17.9 Å². The summed E-state index contributed by atoms with van der Waals surface area (Å²) in [6.45, 7) is 1.91. The molecule has 0 saturated heterocycles. The third kappa shape index (κ3) is 5.76. The highest BCUT2D eigenvalue weighted by Crippen LogP contribution is 2.12. The largest absolute Gasteiger partial charge is 0.481 e. The van der Waals surface area contributed by atoms with E-state index in [1.54, 1.807) is 6.92 Å². The number of benzene rings is 1. The molecule has 0 saturated carbocycles. The fourth-order valence-corrected chi connectivity index (χ4v) is 2.93. The third-order valence-corrected chi connectivity index (χ3v) is 5.31. The number of rotatable bonds is 8. The molecule has 1 aromatic carbocycles. The van der Waals surface area contributed by atoms with Crippen molar-refractivity contribution in [3.63, 3.8) is 0 Å². The quantitative estimate of drug-likeness (QED) is 0.690. The lowest BCUT2D eigenvalue weighted by Crippen LogP contribution is -2.26. The van der Waals surface area contributed by atoms with E-state index in [0.717, 1.165) is 0 Å². The van der Waals surface area contributed by atoms with Gasteiger partial charge in [0.25, 0.3) is 5.91 Å². The number of hydrogen-bond donors (Lipinski definition) is 2. The predicted octanol–water partition coefficient (Wildman–Crippen LogP) is 1.03. The summed E-state index contributed by atoms with van der Waals surface area (Å²) in [7, 11) is -3.26. The Bertz CT molecular complexity index is 595. The first-order chi connectivity index (χ1) is 9.86. The zero-order valence-corrected chi connectivity index (χ0v) is 13.2. The van der Waals surface area contributed by atoms with Crippen molar-refractivity contribution >= 4 is 33.5 Å². The smallest absolute Gasteiger partial charge is 0.313 e. The van der Waals surface area contributed by atoms with E-state index >= 15 is 0 Å². The van der Waals surface area contributed by atoms with Crippen molar-refractivity contribution in [3.8, 4) is 0 Å². The van der Waals surface area contributed by atoms with Crippen LogP contribution in [0.5, 0.6) is 0 Å². The van der Waals surface area contributed by atoms with Gasteiger partial charge in [0.15, 0.2) is 9.84 Å². The Kier molecular flexibility index (Phi) is 6.70. The van der Waals surface area contributed by atoms with Crippen LogP contribution >= 0.6 is 11.8 Å². The van der Waals surface area contributed by atoms with Gasteiger partial charge in [-0.2, -0.15) is 0 Å². The van der Waals surface area contributed by atoms with Crippen LogP contribution in [-0.4, -0.2) is 49.2 Å². The van der Waals surface area contributed by atoms with E-state index in [-0.39, 0.29) is 22.3 Å². The summed E-state index contributed by atoms with van der Waals surface area (Å²) in [4.78, 5) is 22.3. The molecule has 0 heterocycles. The maximum Gasteiger partial charge on any atom is 0.313 e. The minimum atomic E-state index is -3.26. The summed E-state index contributed by atoms with van der Waals surface area (Å²) in [6.07, 6.45) is 0. The van der Waals surface area contributed by atoms with Crippen LogP contribution in [0, 0.1) is 0 Å². The Labute approximate surface area is 127 Å². The monoisotopic (exact) mass is 331 g/mol. The maximum absolute atomic E-state index is 11.8. The zero-order valence-electron chi connectivity index (χ0n) is 11.5. The Balaban J connectivity index is 2.50. The molecule has 0 unspecified atom stereocenters. The Morgan fingerprint density at radius 1 is 1.24 bits per heavy atom. The van der Waals surface area contributed by atoms with Crippen LogP contribution < -0.4 is 5.32 Å². The van der Waals surface area contributed by atoms with Crippen molar-refractivity contribution < 1.29 is 23.1 Å². The van der Waals surface area contributed by atoms with Gasteiger partial charge in [0.1, 0.15) is 0 Å². The van der Waals surface area contributed by atoms with Crippen LogP contribution in [0.3, 0.4) is 0 Å². The standard InChI is InChI=1S/C13H17NO5S2/c1-2-21(18,19)11-5-3-10(4-6-11)13(17)14-7-8-20-9-12(15)16/h3-6H,2,7-9H2,1H3,(H,14,17)(H,15,16). The van der Waals surface area contributed by atoms with Gasteiger partial charge in [-0.25, -0.2) is 8.42 Å². The van der Waals surface area contributed by atoms with Gasteiger partial charge in [-0.3, -0.25) is 9.59 Å². The number of sulfone groups is 1. The number of hydrogen-bond acceptors (Lipinski definition) is 5. The minimum Gasteiger partial charge on any atom is -0.481 e. The van der Waals surface area contributed by atoms with Gasteiger partial charge in [-0.05, 0) is 24.3 Å². The van der Waals surface area contributed by atoms with Crippen LogP contribution in [-0.2, 0) is 14.6 Å². The van der Waals surface area contributed by atoms with Crippen molar-refractivity contribution in [2.45, 2.75) is 11.8 Å². The number of carbonyl (C=O) groups excluding carboxylic acids is 1. The molecule has 0 radical (unpaired) electrons. The fourth-order valence-electron chi connectivity index (χ4n) is 1.48. The van der Waals surface area contributed by atoms with Crippen molar-refractivity contribution in [2.75, 3.05) is 23.8 Å². The van der Waals surface area contributed by atoms with Gasteiger partial charge < -0.3 is 10.4 Å². The van der Waals surface area contributed by atoms with Crippen LogP contribution in [0.25, 0.3) is 0 Å². The molecule has 0 spiro atoms. The number of amides is 1. The Morgan fingerprint density at radius 3 is 2.38 bits per heavy atom. The molecule has 2 N–H and O–H groups in total. The van der Waals surface area contributed by atoms with E-state index in [9.17, 15) is 18.0 Å². The summed E-state index contributed by atoms with van der Waals surface area (Å²) >= 11 is 1.21. The first-order valence-electron chi connectivity index (χ1n) is 6.27. The zero-order chi connectivity index (χ0) is 15.9. The highest BCUT2D eigenvalue weighted by Gasteiger charge is 2.12. The number of nitrogens with one attached hydrogen (secondary N) is 1. The lowest BCUT2D eigenvalue weighted by atomic mass is 10.2. The van der Waals surface area contributed by atoms with Crippen molar-refractivity contribution in [2.24, 2.45) is 0 Å². The second-order valence-electron chi connectivity index (χ2n) is 4.13. The molecule has 0 atom stereocenters. The van der Waals surface area contributed by atoms with Crippen molar-refractivity contribution in [1.29, 1.82) is 0 Å². The summed E-state index contributed by atoms with van der Waals surface area (Å²) in [5.74, 6) is -0.690. The average Bonchev–Trinajstić information content (AvgIpc) is 2.46. The summed E-state index contributed by atoms with van der Waals surface area (Å²) in [5.41, 5.74) is 0.369. The molecule has 8 heteroatoms. The second kappa shape index (κ2) is 8.04. The van der Waals surface area contributed by atoms with E-state index in [4.69, 9.17) is 5.11 Å². The molecule has 0 aromatic heterocycles. The molecule has 0 aliphatic rings. The number of aliphatic carboxylic acids is 1. The SMILES string of the molecule is CCS(=O)(=O)c1ccc(C(=O)NCCSCC(=O)O)cc1. The molecular weight excluding hydrogens is 314 g/mol. The first-order valence-corrected chi connectivity index (χ1v) is 9.08. The normalized spacial score (nSPS) is 11.1. The Morgan fingerprint density at radius 2 is 1.86 bits per heavy atom. The van der Waals surface area contributed by atoms with E-state index in [1.807, 2.05) is 0 Å². The molecule has 1 aromatic rings. The van der Waals surface area contributed by atoms with E-state index in [2.05, 4.69) is 5.32 Å². The van der Waals surface area contributed by atoms with Gasteiger partial charge in [-0.1, -0.05) is 6.92 Å². The maximum atomic E-state index is 11.8. The summed E-state index contributed by atoms with van der Waals surface area (Å²) in [6, 6.07) is 5.74. The van der Waals surface area contributed by atoms with Crippen molar-refractivity contribution in [1.82, 2.24) is 5.32 Å². The van der Waals surface area contributed by atoms with Crippen LogP contribution in [0.1, 0.15) is 17.3 Å². The number of thioether (sulfide) groups is 1. The van der Waals surface area contributed by atoms with Gasteiger partial charge in [0.05, 0.1) is 16.4 Å². The topological polar surface area (TPSA) is 101 Å². The number of carbonyl (C=O) groups is 2. The fraction of sp³-hybridized carbons (Fsp3) is 0.385. The average molecular weight is 331 g/mol. The summed E-state index contributed by atoms with van der Waals surface area (Å²) < 4.78 is 23.3. The van der Waals surface area contributed by atoms with E-state index in [1.165, 1.54) is 36.0 Å². The highest BCUT2D eigenvalue weighted by atomic mass is 32.2. The van der Waals surface area contributed by atoms with Crippen molar-refractivity contribution in [3.05, 3.63) is 29.8 Å². The minimum absolute atomic E-state index is 0.000551. The molecular formula is C13H17NO5S2. The van der Waals surface area contributed by atoms with E-state index < -0.39 is 15.8 Å². The molecule has 1 amide bonds. The molecule has 6 nitrogen and oxygen atoms in total. The molecule has 0 aliphatic carbocycles. The van der Waals surface area contributed by atoms with Gasteiger partial charge in [0.2, 0.25) is 0 Å². The third-order valence-electron chi connectivity index (χ3n) is 2.61. The molecule has 21 heavy (non-hydrogen) atoms. The predicted molar refractivity (Wildman–Crippen MR) is 81.5 cm³/mol. The van der Waals surface area contributed by atoms with Crippen LogP contribution in [0.2, 0.25) is 0 Å². The molecule has 0 fully saturated rings. The first kappa shape index (κ1) is 17.5. The molecule has 1 rings (SSSR count). The Hall–Kier alpha value is -1.54. The number of carboxylic acid groups (broad SMARTS) is 1. The molecule has 0 aliphatic heterocycles. The second-order valence-corrected chi connectivity index (χ2v) is 7.51. The van der Waals surface area contributed by atoms with Crippen LogP contribution in [0.4, 0.5) is 0 Å². The lowest BCUT2D eigenvalue weighted by molar-refractivity contribution is -0.133. The highest BCUT2D eigenvalue weighted by molar-refractivity contribution is 7.99. The molecule has 116 valence electrons. The van der Waals surface area contributed by atoms with Gasteiger partial charge in [0, 0.05) is 17.9 Å². The summed E-state index contributed by atoms with van der Waals surface area (Å²) in [5, 5.41) is 11.1. The van der Waals surface area contributed by atoms with Crippen LogP contribution in [0.15, 0.2) is 29.2 Å². The lowest BCUT2D eigenvalue weighted by Gasteiger charge is -2.06. The van der Waals surface area contributed by atoms with Gasteiger partial charge in [-0.15, -0.1) is 11.8 Å². The van der Waals surface area contributed by atoms with Gasteiger partial charge >= 0.3 is 5.97 Å². The number of carboxylic acids is 1. The molecule has 0 bridgehead atoms.